The van der Waals surface area contributed by atoms with E-state index in [-0.39, 0.29) is 0 Å². The van der Waals surface area contributed by atoms with Crippen LogP contribution >= 0.6 is 8.58 Å². The van der Waals surface area contributed by atoms with Crippen molar-refractivity contribution in [2.24, 2.45) is 0 Å². The van der Waals surface area contributed by atoms with E-state index in [1.165, 1.54) is 38.3 Å². The van der Waals surface area contributed by atoms with Crippen LogP contribution in [-0.4, -0.2) is 11.8 Å². The second kappa shape index (κ2) is 4.28. The van der Waals surface area contributed by atoms with Gasteiger partial charge >= 0.3 is 0 Å². The first-order valence-corrected chi connectivity index (χ1v) is 5.25. The van der Waals surface area contributed by atoms with Gasteiger partial charge in [-0.25, -0.2) is 0 Å². The summed E-state index contributed by atoms with van der Waals surface area (Å²) in [4.78, 5) is 0. The molecule has 0 nitrogen and oxygen atoms in total. The van der Waals surface area contributed by atoms with Gasteiger partial charge in [-0.3, -0.25) is 0 Å². The molecule has 0 spiro atoms. The third-order valence-electron chi connectivity index (χ3n) is 1.94. The standard InChI is InChI=1S/C8H16P/c1-2-7-9-8-5-3-4-6-8/h8H,2-7H2,1H3. The monoisotopic (exact) mass is 143 g/mol. The number of hydrogen-bond acceptors (Lipinski definition) is 0. The van der Waals surface area contributed by atoms with Crippen LogP contribution in [0.5, 0.6) is 0 Å². The molecule has 1 saturated carbocycles. The predicted octanol–water partition coefficient (Wildman–Crippen LogP) is 3.29. The zero-order valence-corrected chi connectivity index (χ0v) is 7.16. The van der Waals surface area contributed by atoms with Gasteiger partial charge in [-0.1, -0.05) is 34.8 Å². The van der Waals surface area contributed by atoms with Crippen molar-refractivity contribution in [3.8, 4) is 0 Å². The van der Waals surface area contributed by atoms with Gasteiger partial charge in [0.2, 0.25) is 0 Å². The molecule has 0 aliphatic heterocycles. The zero-order valence-electron chi connectivity index (χ0n) is 6.27. The van der Waals surface area contributed by atoms with E-state index < -0.39 is 0 Å². The molecule has 0 unspecified atom stereocenters. The van der Waals surface area contributed by atoms with Crippen LogP contribution in [0.2, 0.25) is 0 Å². The lowest BCUT2D eigenvalue weighted by Crippen LogP contribution is -1.91. The highest BCUT2D eigenvalue weighted by atomic mass is 31.1. The molecular formula is C8H16P. The van der Waals surface area contributed by atoms with Gasteiger partial charge in [0.1, 0.15) is 0 Å². The molecule has 9 heavy (non-hydrogen) atoms. The van der Waals surface area contributed by atoms with Gasteiger partial charge in [0, 0.05) is 0 Å². The Bertz CT molecular complexity index is 65.0. The highest BCUT2D eigenvalue weighted by molar-refractivity contribution is 7.38. The minimum absolute atomic E-state index is 1.09. The minimum atomic E-state index is 1.09. The second-order valence-electron chi connectivity index (χ2n) is 2.84. The van der Waals surface area contributed by atoms with Crippen LogP contribution in [-0.2, 0) is 0 Å². The molecular weight excluding hydrogens is 127 g/mol. The molecule has 53 valence electrons. The molecule has 1 aliphatic carbocycles. The number of hydrogen-bond donors (Lipinski definition) is 0. The van der Waals surface area contributed by atoms with Crippen LogP contribution < -0.4 is 0 Å². The average Bonchev–Trinajstić information content (AvgIpc) is 2.34. The first-order chi connectivity index (χ1) is 4.43. The molecule has 0 amide bonds. The summed E-state index contributed by atoms with van der Waals surface area (Å²) in [6.07, 6.45) is 8.84. The average molecular weight is 143 g/mol. The quantitative estimate of drug-likeness (QED) is 0.532. The first-order valence-electron chi connectivity index (χ1n) is 4.10. The SMILES string of the molecule is CCC[P]C1CCCC1. The molecule has 1 rings (SSSR count). The van der Waals surface area contributed by atoms with Crippen molar-refractivity contribution in [1.82, 2.24) is 0 Å². The number of rotatable bonds is 3. The second-order valence-corrected chi connectivity index (χ2v) is 4.39. The van der Waals surface area contributed by atoms with E-state index in [4.69, 9.17) is 0 Å². The van der Waals surface area contributed by atoms with Crippen molar-refractivity contribution < 1.29 is 0 Å². The van der Waals surface area contributed by atoms with Gasteiger partial charge in [-0.05, 0) is 24.7 Å². The topological polar surface area (TPSA) is 0 Å². The zero-order chi connectivity index (χ0) is 6.53. The lowest BCUT2D eigenvalue weighted by atomic mass is 10.4. The van der Waals surface area contributed by atoms with Gasteiger partial charge in [0.25, 0.3) is 0 Å². The fraction of sp³-hybridized carbons (Fsp3) is 1.00. The van der Waals surface area contributed by atoms with Gasteiger partial charge in [-0.15, -0.1) is 0 Å². The normalized spacial score (nSPS) is 22.3. The third kappa shape index (κ3) is 2.67. The van der Waals surface area contributed by atoms with Crippen LogP contribution in [0.1, 0.15) is 39.0 Å². The summed E-state index contributed by atoms with van der Waals surface area (Å²) < 4.78 is 0. The van der Waals surface area contributed by atoms with Crippen LogP contribution in [0.3, 0.4) is 0 Å². The Morgan fingerprint density at radius 2 is 2.00 bits per heavy atom. The van der Waals surface area contributed by atoms with E-state index in [1.807, 2.05) is 0 Å². The summed E-state index contributed by atoms with van der Waals surface area (Å²) in [5.41, 5.74) is 1.09. The largest absolute Gasteiger partial charge is 0.0775 e. The lowest BCUT2D eigenvalue weighted by molar-refractivity contribution is 0.886. The molecule has 1 radical (unpaired) electrons. The fourth-order valence-corrected chi connectivity index (χ4v) is 2.75. The highest BCUT2D eigenvalue weighted by Gasteiger charge is 2.13. The van der Waals surface area contributed by atoms with Gasteiger partial charge in [-0.2, -0.15) is 0 Å². The maximum Gasteiger partial charge on any atom is -0.0170 e. The van der Waals surface area contributed by atoms with E-state index >= 15 is 0 Å². The first kappa shape index (κ1) is 7.54. The lowest BCUT2D eigenvalue weighted by Gasteiger charge is -2.04. The summed E-state index contributed by atoms with van der Waals surface area (Å²) in [5.74, 6) is 0. The van der Waals surface area contributed by atoms with Crippen molar-refractivity contribution in [2.75, 3.05) is 6.16 Å². The summed E-state index contributed by atoms with van der Waals surface area (Å²) in [6, 6.07) is 0. The Morgan fingerprint density at radius 1 is 1.33 bits per heavy atom. The maximum absolute atomic E-state index is 2.28. The van der Waals surface area contributed by atoms with Crippen LogP contribution in [0.15, 0.2) is 0 Å². The Labute approximate surface area is 60.2 Å². The summed E-state index contributed by atoms with van der Waals surface area (Å²) in [6.45, 7) is 2.28. The van der Waals surface area contributed by atoms with Crippen LogP contribution in [0.4, 0.5) is 0 Å². The van der Waals surface area contributed by atoms with E-state index in [2.05, 4.69) is 6.92 Å². The van der Waals surface area contributed by atoms with Gasteiger partial charge in [0.05, 0.1) is 0 Å². The molecule has 1 aliphatic rings. The highest BCUT2D eigenvalue weighted by Crippen LogP contribution is 2.33. The van der Waals surface area contributed by atoms with Gasteiger partial charge < -0.3 is 0 Å². The minimum Gasteiger partial charge on any atom is -0.0775 e. The maximum atomic E-state index is 2.28. The third-order valence-corrected chi connectivity index (χ3v) is 3.67. The smallest absolute Gasteiger partial charge is 0.0170 e. The molecule has 0 N–H and O–H groups in total. The van der Waals surface area contributed by atoms with Crippen molar-refractivity contribution in [3.63, 3.8) is 0 Å². The molecule has 1 heteroatoms. The summed E-state index contributed by atoms with van der Waals surface area (Å²) >= 11 is 0. The van der Waals surface area contributed by atoms with E-state index in [0.717, 1.165) is 5.66 Å². The molecule has 0 bridgehead atoms. The Balaban J connectivity index is 1.98. The van der Waals surface area contributed by atoms with E-state index in [1.54, 1.807) is 8.58 Å². The Morgan fingerprint density at radius 3 is 2.56 bits per heavy atom. The molecule has 1 fully saturated rings. The van der Waals surface area contributed by atoms with Gasteiger partial charge in [0.15, 0.2) is 0 Å². The van der Waals surface area contributed by atoms with Crippen molar-refractivity contribution in [2.45, 2.75) is 44.7 Å². The van der Waals surface area contributed by atoms with E-state index in [0.29, 0.717) is 0 Å². The Hall–Kier alpha value is 0.430. The van der Waals surface area contributed by atoms with Crippen molar-refractivity contribution in [3.05, 3.63) is 0 Å². The molecule has 0 aromatic carbocycles. The van der Waals surface area contributed by atoms with Crippen LogP contribution in [0.25, 0.3) is 0 Å². The van der Waals surface area contributed by atoms with E-state index in [9.17, 15) is 0 Å². The molecule has 0 atom stereocenters. The molecule has 0 heterocycles. The Kier molecular flexibility index (Phi) is 3.58. The molecule has 0 aromatic rings. The molecule has 0 saturated heterocycles. The summed E-state index contributed by atoms with van der Waals surface area (Å²) in [7, 11) is 1.73. The molecule has 0 aromatic heterocycles. The van der Waals surface area contributed by atoms with Crippen molar-refractivity contribution >= 4 is 8.58 Å². The fourth-order valence-electron chi connectivity index (χ4n) is 1.40. The van der Waals surface area contributed by atoms with Crippen molar-refractivity contribution in [1.29, 1.82) is 0 Å². The van der Waals surface area contributed by atoms with Crippen LogP contribution in [0, 0.1) is 0 Å². The predicted molar refractivity (Wildman–Crippen MR) is 44.3 cm³/mol. The summed E-state index contributed by atoms with van der Waals surface area (Å²) in [5, 5.41) is 0.